The fourth-order valence-corrected chi connectivity index (χ4v) is 10.2. The number of anilines is 3. The van der Waals surface area contributed by atoms with Gasteiger partial charge in [-0.2, -0.15) is 0 Å². The zero-order valence-corrected chi connectivity index (χ0v) is 29.0. The Balaban J connectivity index is 1.18. The Labute approximate surface area is 305 Å². The molecule has 1 aliphatic rings. The van der Waals surface area contributed by atoms with E-state index in [4.69, 9.17) is 4.42 Å². The molecule has 52 heavy (non-hydrogen) atoms. The average molecular weight is 682 g/mol. The van der Waals surface area contributed by atoms with Gasteiger partial charge in [0.25, 0.3) is 0 Å². The van der Waals surface area contributed by atoms with E-state index in [9.17, 15) is 0 Å². The van der Waals surface area contributed by atoms with Gasteiger partial charge in [0.2, 0.25) is 0 Å². The van der Waals surface area contributed by atoms with Crippen LogP contribution < -0.4 is 4.90 Å². The van der Waals surface area contributed by atoms with Crippen LogP contribution in [0.15, 0.2) is 192 Å². The molecule has 0 saturated heterocycles. The van der Waals surface area contributed by atoms with E-state index in [0.717, 1.165) is 39.0 Å². The zero-order chi connectivity index (χ0) is 34.2. The van der Waals surface area contributed by atoms with Crippen LogP contribution in [-0.4, -0.2) is 0 Å². The number of thiophene rings is 1. The third-order valence-electron chi connectivity index (χ3n) is 10.9. The van der Waals surface area contributed by atoms with E-state index in [1.54, 1.807) is 0 Å². The first-order valence-electron chi connectivity index (χ1n) is 17.8. The summed E-state index contributed by atoms with van der Waals surface area (Å²) >= 11 is 1.90. The van der Waals surface area contributed by atoms with Crippen LogP contribution >= 0.6 is 11.3 Å². The molecule has 0 N–H and O–H groups in total. The van der Waals surface area contributed by atoms with Crippen LogP contribution in [0.2, 0.25) is 0 Å². The van der Waals surface area contributed by atoms with Crippen LogP contribution in [0, 0.1) is 0 Å². The first-order chi connectivity index (χ1) is 25.8. The predicted octanol–water partition coefficient (Wildman–Crippen LogP) is 13.8. The zero-order valence-electron chi connectivity index (χ0n) is 28.2. The molecule has 8 aromatic carbocycles. The number of fused-ring (bicyclic) bond motifs is 9. The SMILES string of the molecule is c1ccc(N(c2ccc3c(c2)sc2c(C4(c5ccccc5)c5ccccc5-c5ccccc54)cccc23)c2cccc3oc4ccccc4c23)cc1. The smallest absolute Gasteiger partial charge is 0.137 e. The molecule has 0 unspecified atom stereocenters. The van der Waals surface area contributed by atoms with Crippen molar-refractivity contribution < 1.29 is 4.42 Å². The monoisotopic (exact) mass is 681 g/mol. The number of hydrogen-bond donors (Lipinski definition) is 0. The van der Waals surface area contributed by atoms with E-state index in [2.05, 4.69) is 187 Å². The number of hydrogen-bond acceptors (Lipinski definition) is 3. The minimum Gasteiger partial charge on any atom is -0.456 e. The van der Waals surface area contributed by atoms with Crippen molar-refractivity contribution in [1.82, 2.24) is 0 Å². The minimum absolute atomic E-state index is 0.453. The van der Waals surface area contributed by atoms with Crippen LogP contribution in [-0.2, 0) is 5.41 Å². The van der Waals surface area contributed by atoms with Crippen LogP contribution in [0.3, 0.4) is 0 Å². The maximum atomic E-state index is 6.36. The van der Waals surface area contributed by atoms with Crippen LogP contribution in [0.25, 0.3) is 53.2 Å². The molecule has 11 rings (SSSR count). The largest absolute Gasteiger partial charge is 0.456 e. The van der Waals surface area contributed by atoms with Crippen LogP contribution in [0.5, 0.6) is 0 Å². The van der Waals surface area contributed by atoms with E-state index < -0.39 is 5.41 Å². The third kappa shape index (κ3) is 4.06. The maximum Gasteiger partial charge on any atom is 0.137 e. The summed E-state index contributed by atoms with van der Waals surface area (Å²) in [6.07, 6.45) is 0. The summed E-state index contributed by atoms with van der Waals surface area (Å²) in [4.78, 5) is 2.38. The van der Waals surface area contributed by atoms with E-state index >= 15 is 0 Å². The van der Waals surface area contributed by atoms with Gasteiger partial charge in [-0.25, -0.2) is 0 Å². The van der Waals surface area contributed by atoms with Gasteiger partial charge in [-0.3, -0.25) is 0 Å². The highest BCUT2D eigenvalue weighted by Gasteiger charge is 2.47. The van der Waals surface area contributed by atoms with Gasteiger partial charge in [-0.15, -0.1) is 11.3 Å². The van der Waals surface area contributed by atoms with Gasteiger partial charge in [-0.05, 0) is 75.8 Å². The number of para-hydroxylation sites is 2. The quantitative estimate of drug-likeness (QED) is 0.180. The highest BCUT2D eigenvalue weighted by atomic mass is 32.1. The Morgan fingerprint density at radius 3 is 1.85 bits per heavy atom. The molecule has 3 heteroatoms. The summed E-state index contributed by atoms with van der Waals surface area (Å²) in [5.41, 5.74) is 12.5. The van der Waals surface area contributed by atoms with Gasteiger partial charge in [0, 0.05) is 36.9 Å². The van der Waals surface area contributed by atoms with Crippen molar-refractivity contribution in [3.8, 4) is 11.1 Å². The Hall–Kier alpha value is -6.42. The highest BCUT2D eigenvalue weighted by molar-refractivity contribution is 7.26. The van der Waals surface area contributed by atoms with Gasteiger partial charge in [0.15, 0.2) is 0 Å². The normalized spacial score (nSPS) is 13.2. The molecule has 0 amide bonds. The molecule has 0 fully saturated rings. The van der Waals surface area contributed by atoms with Crippen molar-refractivity contribution in [3.05, 3.63) is 210 Å². The average Bonchev–Trinajstić information content (AvgIpc) is 3.87. The van der Waals surface area contributed by atoms with E-state index in [-0.39, 0.29) is 0 Å². The fourth-order valence-electron chi connectivity index (χ4n) is 8.85. The second kappa shape index (κ2) is 11.3. The summed E-state index contributed by atoms with van der Waals surface area (Å²) in [7, 11) is 0. The summed E-state index contributed by atoms with van der Waals surface area (Å²) in [6, 6.07) is 68.4. The van der Waals surface area contributed by atoms with E-state index in [1.807, 2.05) is 17.4 Å². The summed E-state index contributed by atoms with van der Waals surface area (Å²) in [6.45, 7) is 0. The van der Waals surface area contributed by atoms with Crippen LogP contribution in [0.1, 0.15) is 22.3 Å². The van der Waals surface area contributed by atoms with Gasteiger partial charge in [-0.1, -0.05) is 146 Å². The molecule has 1 aliphatic carbocycles. The number of rotatable bonds is 5. The molecular formula is C49H31NOS. The van der Waals surface area contributed by atoms with E-state index in [0.29, 0.717) is 0 Å². The molecule has 2 heterocycles. The molecule has 244 valence electrons. The molecule has 0 spiro atoms. The molecule has 0 bridgehead atoms. The predicted molar refractivity (Wildman–Crippen MR) is 219 cm³/mol. The number of furan rings is 1. The molecular weight excluding hydrogens is 651 g/mol. The lowest BCUT2D eigenvalue weighted by Crippen LogP contribution is -2.28. The standard InChI is InChI=1S/C49H31NOS/c1-3-15-32(16-4-1)49(40-23-10-7-19-35(40)36-20-8-11-24-41(36)49)42-25-13-22-38-37-30-29-34(31-46(37)52-48(38)42)50(33-17-5-2-6-18-33)43-26-14-28-45-47(43)39-21-9-12-27-44(39)51-45/h1-31H. The number of nitrogens with zero attached hydrogens (tertiary/aromatic N) is 1. The Morgan fingerprint density at radius 2 is 1.06 bits per heavy atom. The first kappa shape index (κ1) is 29.3. The first-order valence-corrected chi connectivity index (χ1v) is 18.6. The molecule has 10 aromatic rings. The van der Waals surface area contributed by atoms with Crippen molar-refractivity contribution >= 4 is 70.5 Å². The second-order valence-corrected chi connectivity index (χ2v) is 14.6. The molecule has 0 atom stereocenters. The van der Waals surface area contributed by atoms with Gasteiger partial charge in [0.05, 0.1) is 16.5 Å². The van der Waals surface area contributed by atoms with Crippen molar-refractivity contribution in [3.63, 3.8) is 0 Å². The lowest BCUT2D eigenvalue weighted by atomic mass is 9.67. The van der Waals surface area contributed by atoms with Crippen molar-refractivity contribution in [1.29, 1.82) is 0 Å². The van der Waals surface area contributed by atoms with Gasteiger partial charge < -0.3 is 9.32 Å². The Kier molecular flexibility index (Phi) is 6.37. The topological polar surface area (TPSA) is 16.4 Å². The molecule has 0 saturated carbocycles. The fraction of sp³-hybridized carbons (Fsp3) is 0.0204. The highest BCUT2D eigenvalue weighted by Crippen LogP contribution is 2.58. The van der Waals surface area contributed by atoms with Gasteiger partial charge >= 0.3 is 0 Å². The maximum absolute atomic E-state index is 6.36. The van der Waals surface area contributed by atoms with Crippen LogP contribution in [0.4, 0.5) is 17.1 Å². The molecule has 2 nitrogen and oxygen atoms in total. The van der Waals surface area contributed by atoms with Crippen molar-refractivity contribution in [2.24, 2.45) is 0 Å². The Morgan fingerprint density at radius 1 is 0.442 bits per heavy atom. The summed E-state index contributed by atoms with van der Waals surface area (Å²) in [5.74, 6) is 0. The summed E-state index contributed by atoms with van der Waals surface area (Å²) in [5, 5.41) is 4.79. The summed E-state index contributed by atoms with van der Waals surface area (Å²) < 4.78 is 8.93. The molecule has 2 aromatic heterocycles. The lowest BCUT2D eigenvalue weighted by molar-refractivity contribution is 0.669. The lowest BCUT2D eigenvalue weighted by Gasteiger charge is -2.34. The van der Waals surface area contributed by atoms with Crippen molar-refractivity contribution in [2.75, 3.05) is 4.90 Å². The van der Waals surface area contributed by atoms with E-state index in [1.165, 1.54) is 53.6 Å². The number of benzene rings is 8. The minimum atomic E-state index is -0.453. The second-order valence-electron chi connectivity index (χ2n) is 13.6. The molecule has 0 radical (unpaired) electrons. The van der Waals surface area contributed by atoms with Crippen molar-refractivity contribution in [2.45, 2.75) is 5.41 Å². The third-order valence-corrected chi connectivity index (χ3v) is 12.1. The Bertz CT molecular complexity index is 2930. The molecule has 0 aliphatic heterocycles. The van der Waals surface area contributed by atoms with Gasteiger partial charge in [0.1, 0.15) is 11.2 Å².